The molecule has 1 aliphatic rings. The number of carbonyl (C=O) groups excluding carboxylic acids is 2. The van der Waals surface area contributed by atoms with Gasteiger partial charge in [0.05, 0.1) is 25.4 Å². The first-order valence-electron chi connectivity index (χ1n) is 10.6. The Labute approximate surface area is 197 Å². The molecule has 0 saturated carbocycles. The number of anilines is 2. The molecule has 1 amide bonds. The van der Waals surface area contributed by atoms with Gasteiger partial charge >= 0.3 is 0 Å². The van der Waals surface area contributed by atoms with E-state index in [4.69, 9.17) is 13.9 Å². The summed E-state index contributed by atoms with van der Waals surface area (Å²) in [6, 6.07) is 14.6. The molecule has 1 aliphatic heterocycles. The number of aliphatic hydroxyl groups excluding tert-OH is 1. The molecule has 0 bridgehead atoms. The van der Waals surface area contributed by atoms with E-state index >= 15 is 0 Å². The van der Waals surface area contributed by atoms with E-state index in [1.165, 1.54) is 19.1 Å². The van der Waals surface area contributed by atoms with Gasteiger partial charge in [0.1, 0.15) is 34.8 Å². The Morgan fingerprint density at radius 2 is 1.71 bits per heavy atom. The third-order valence-corrected chi connectivity index (χ3v) is 5.78. The maximum Gasteiger partial charge on any atom is 0.300 e. The van der Waals surface area contributed by atoms with Crippen LogP contribution in [-0.4, -0.2) is 45.1 Å². The van der Waals surface area contributed by atoms with Crippen LogP contribution < -0.4 is 19.3 Å². The maximum atomic E-state index is 13.3. The van der Waals surface area contributed by atoms with Crippen LogP contribution >= 0.6 is 0 Å². The molecule has 2 heterocycles. The quantitative estimate of drug-likeness (QED) is 0.332. The van der Waals surface area contributed by atoms with E-state index in [2.05, 4.69) is 0 Å². The summed E-state index contributed by atoms with van der Waals surface area (Å²) in [5.74, 6) is -0.200. The minimum atomic E-state index is -0.963. The van der Waals surface area contributed by atoms with Gasteiger partial charge in [-0.3, -0.25) is 14.5 Å². The molecule has 4 rings (SSSR count). The summed E-state index contributed by atoms with van der Waals surface area (Å²) in [5.41, 5.74) is 1.58. The van der Waals surface area contributed by atoms with Crippen molar-refractivity contribution in [2.75, 3.05) is 38.1 Å². The van der Waals surface area contributed by atoms with Crippen LogP contribution in [0.2, 0.25) is 0 Å². The number of furan rings is 1. The number of methoxy groups -OCH3 is 2. The highest BCUT2D eigenvalue weighted by Gasteiger charge is 2.48. The number of benzene rings is 2. The Bertz CT molecular complexity index is 1270. The van der Waals surface area contributed by atoms with Gasteiger partial charge < -0.3 is 23.9 Å². The number of aliphatic hydroxyl groups is 1. The predicted octanol–water partition coefficient (Wildman–Crippen LogP) is 4.30. The zero-order valence-electron chi connectivity index (χ0n) is 19.7. The Balaban J connectivity index is 1.93. The van der Waals surface area contributed by atoms with Crippen LogP contribution in [0.25, 0.3) is 5.76 Å². The fraction of sp³-hybridized carbons (Fsp3) is 0.231. The minimum absolute atomic E-state index is 0.0948. The van der Waals surface area contributed by atoms with E-state index in [1.807, 2.05) is 31.1 Å². The lowest BCUT2D eigenvalue weighted by molar-refractivity contribution is -0.132. The zero-order chi connectivity index (χ0) is 24.6. The molecule has 176 valence electrons. The maximum absolute atomic E-state index is 13.3. The topological polar surface area (TPSA) is 92.4 Å². The fourth-order valence-electron chi connectivity index (χ4n) is 4.02. The van der Waals surface area contributed by atoms with Crippen LogP contribution in [0.3, 0.4) is 0 Å². The smallest absolute Gasteiger partial charge is 0.300 e. The molecule has 1 N–H and O–H groups in total. The molecule has 1 atom stereocenters. The molecular formula is C26H26N2O6. The van der Waals surface area contributed by atoms with E-state index in [0.29, 0.717) is 28.7 Å². The Morgan fingerprint density at radius 1 is 1.00 bits per heavy atom. The largest absolute Gasteiger partial charge is 0.507 e. The molecule has 0 radical (unpaired) electrons. The number of rotatable bonds is 6. The van der Waals surface area contributed by atoms with Gasteiger partial charge in [0.15, 0.2) is 0 Å². The highest BCUT2D eigenvalue weighted by atomic mass is 16.5. The lowest BCUT2D eigenvalue weighted by Gasteiger charge is -2.24. The van der Waals surface area contributed by atoms with Crippen molar-refractivity contribution in [2.45, 2.75) is 13.0 Å². The predicted molar refractivity (Wildman–Crippen MR) is 129 cm³/mol. The molecule has 1 saturated heterocycles. The number of hydrogen-bond acceptors (Lipinski definition) is 7. The summed E-state index contributed by atoms with van der Waals surface area (Å²) >= 11 is 0. The summed E-state index contributed by atoms with van der Waals surface area (Å²) in [6.45, 7) is 1.77. The van der Waals surface area contributed by atoms with Crippen molar-refractivity contribution >= 4 is 28.8 Å². The average molecular weight is 463 g/mol. The van der Waals surface area contributed by atoms with Gasteiger partial charge in [0.2, 0.25) is 0 Å². The number of ether oxygens (including phenoxy) is 2. The zero-order valence-corrected chi connectivity index (χ0v) is 19.7. The summed E-state index contributed by atoms with van der Waals surface area (Å²) in [4.78, 5) is 29.8. The number of nitrogens with zero attached hydrogens (tertiary/aromatic N) is 2. The third-order valence-electron chi connectivity index (χ3n) is 5.78. The van der Waals surface area contributed by atoms with Gasteiger partial charge in [-0.05, 0) is 61.5 Å². The van der Waals surface area contributed by atoms with Crippen molar-refractivity contribution in [3.63, 3.8) is 0 Å². The van der Waals surface area contributed by atoms with Gasteiger partial charge in [0, 0.05) is 25.5 Å². The van der Waals surface area contributed by atoms with Gasteiger partial charge in [-0.15, -0.1) is 0 Å². The van der Waals surface area contributed by atoms with Crippen molar-refractivity contribution in [1.82, 2.24) is 0 Å². The molecule has 0 spiro atoms. The minimum Gasteiger partial charge on any atom is -0.507 e. The van der Waals surface area contributed by atoms with Crippen LogP contribution in [-0.2, 0) is 9.59 Å². The Morgan fingerprint density at radius 3 is 2.26 bits per heavy atom. The summed E-state index contributed by atoms with van der Waals surface area (Å²) in [6.07, 6.45) is 0. The van der Waals surface area contributed by atoms with E-state index in [0.717, 1.165) is 5.69 Å². The van der Waals surface area contributed by atoms with Crippen molar-refractivity contribution in [2.24, 2.45) is 0 Å². The number of hydrogen-bond donors (Lipinski definition) is 1. The number of carbonyl (C=O) groups is 2. The van der Waals surface area contributed by atoms with Crippen LogP contribution in [0.4, 0.5) is 11.4 Å². The van der Waals surface area contributed by atoms with Crippen molar-refractivity contribution < 1.29 is 28.6 Å². The highest BCUT2D eigenvalue weighted by molar-refractivity contribution is 6.51. The standard InChI is InChI=1S/C26H26N2O6/c1-15-6-12-21(34-15)23-22(24(29)19-14-18(32-4)11-13-20(19)33-5)25(30)26(31)28(23)17-9-7-16(8-10-17)27(2)3/h6-14,23,29H,1-5H3/b24-22+. The summed E-state index contributed by atoms with van der Waals surface area (Å²) in [7, 11) is 6.77. The molecular weight excluding hydrogens is 436 g/mol. The highest BCUT2D eigenvalue weighted by Crippen LogP contribution is 2.44. The van der Waals surface area contributed by atoms with Crippen LogP contribution in [0.15, 0.2) is 64.6 Å². The Hall–Kier alpha value is -4.20. The fourth-order valence-corrected chi connectivity index (χ4v) is 4.02. The summed E-state index contributed by atoms with van der Waals surface area (Å²) in [5, 5.41) is 11.4. The lowest BCUT2D eigenvalue weighted by Crippen LogP contribution is -2.29. The normalized spacial score (nSPS) is 17.2. The molecule has 34 heavy (non-hydrogen) atoms. The van der Waals surface area contributed by atoms with E-state index in [1.54, 1.807) is 49.4 Å². The van der Waals surface area contributed by atoms with Crippen LogP contribution in [0.5, 0.6) is 11.5 Å². The first-order chi connectivity index (χ1) is 16.3. The van der Waals surface area contributed by atoms with E-state index in [-0.39, 0.29) is 16.9 Å². The van der Waals surface area contributed by atoms with Crippen molar-refractivity contribution in [3.8, 4) is 11.5 Å². The molecule has 2 aromatic carbocycles. The van der Waals surface area contributed by atoms with Crippen molar-refractivity contribution in [3.05, 3.63) is 77.3 Å². The second-order valence-corrected chi connectivity index (χ2v) is 8.09. The number of ketones is 1. The van der Waals surface area contributed by atoms with Gasteiger partial charge in [-0.2, -0.15) is 0 Å². The van der Waals surface area contributed by atoms with Gasteiger partial charge in [-0.25, -0.2) is 0 Å². The van der Waals surface area contributed by atoms with Crippen LogP contribution in [0, 0.1) is 6.92 Å². The second kappa shape index (κ2) is 8.97. The SMILES string of the molecule is COc1ccc(OC)c(/C(O)=C2\C(=O)C(=O)N(c3ccc(N(C)C)cc3)C2c2ccc(C)o2)c1. The molecule has 1 unspecified atom stereocenters. The number of aryl methyl sites for hydroxylation is 1. The molecule has 1 fully saturated rings. The Kier molecular flexibility index (Phi) is 6.06. The monoisotopic (exact) mass is 462 g/mol. The first kappa shape index (κ1) is 23.0. The van der Waals surface area contributed by atoms with E-state index in [9.17, 15) is 14.7 Å². The lowest BCUT2D eigenvalue weighted by atomic mass is 9.98. The number of amides is 1. The van der Waals surface area contributed by atoms with Gasteiger partial charge in [-0.1, -0.05) is 0 Å². The molecule has 1 aromatic heterocycles. The molecule has 8 nitrogen and oxygen atoms in total. The third kappa shape index (κ3) is 3.87. The molecule has 0 aliphatic carbocycles. The van der Waals surface area contributed by atoms with Crippen molar-refractivity contribution in [1.29, 1.82) is 0 Å². The molecule has 8 heteroatoms. The average Bonchev–Trinajstić information content (AvgIpc) is 3.38. The second-order valence-electron chi connectivity index (χ2n) is 8.09. The van der Waals surface area contributed by atoms with Gasteiger partial charge in [0.25, 0.3) is 11.7 Å². The van der Waals surface area contributed by atoms with E-state index < -0.39 is 17.7 Å². The number of Topliss-reactive ketones (excluding diaryl/α,β-unsaturated/α-hetero) is 1. The first-order valence-corrected chi connectivity index (χ1v) is 10.6. The molecule has 3 aromatic rings. The summed E-state index contributed by atoms with van der Waals surface area (Å²) < 4.78 is 16.5. The van der Waals surface area contributed by atoms with Crippen LogP contribution in [0.1, 0.15) is 23.1 Å².